The van der Waals surface area contributed by atoms with E-state index in [1.807, 2.05) is 27.7 Å². The van der Waals surface area contributed by atoms with Crippen molar-refractivity contribution < 1.29 is 0 Å². The highest BCUT2D eigenvalue weighted by atomic mass is 14.2. The summed E-state index contributed by atoms with van der Waals surface area (Å²) < 4.78 is 0. The zero-order valence-corrected chi connectivity index (χ0v) is 52.2. The molecular weight excluding hydrogens is 853 g/mol. The van der Waals surface area contributed by atoms with Crippen molar-refractivity contribution in [2.45, 2.75) is 408 Å². The van der Waals surface area contributed by atoms with Crippen LogP contribution in [0.1, 0.15) is 408 Å². The van der Waals surface area contributed by atoms with Crippen LogP contribution in [0.3, 0.4) is 0 Å². The van der Waals surface area contributed by atoms with Gasteiger partial charge in [0.2, 0.25) is 0 Å². The quantitative estimate of drug-likeness (QED) is 0.227. The molecule has 436 valence electrons. The van der Waals surface area contributed by atoms with Crippen LogP contribution in [-0.2, 0) is 0 Å². The SMILES string of the molecule is C.C.C1CC1.CC.CC.CC1CCCC(C)CCC1.CC1CCCCCC(C)C1.CC1CCCCCCC1.CC1CCCCCCC1.CC1CCCCCCC1.CC1CCCCCCC1.CCC(C)(C)C. The van der Waals surface area contributed by atoms with Crippen LogP contribution in [0.25, 0.3) is 0 Å². The van der Waals surface area contributed by atoms with E-state index in [0.717, 1.165) is 47.3 Å². The summed E-state index contributed by atoms with van der Waals surface area (Å²) in [6.45, 7) is 36.1. The minimum absolute atomic E-state index is 0. The van der Waals surface area contributed by atoms with Crippen molar-refractivity contribution in [1.29, 1.82) is 0 Å². The predicted molar refractivity (Wildman–Crippen MR) is 338 cm³/mol. The predicted octanol–water partition coefficient (Wildman–Crippen LogP) is 27.6. The van der Waals surface area contributed by atoms with Gasteiger partial charge < -0.3 is 0 Å². The lowest BCUT2D eigenvalue weighted by Crippen LogP contribution is -2.06. The van der Waals surface area contributed by atoms with Gasteiger partial charge in [-0.25, -0.2) is 0 Å². The third-order valence-corrected chi connectivity index (χ3v) is 16.5. The Balaban J connectivity index is -0.000000233. The Labute approximate surface area is 458 Å². The second-order valence-electron chi connectivity index (χ2n) is 25.9. The smallest absolute Gasteiger partial charge is 0.0385 e. The molecule has 0 heterocycles. The van der Waals surface area contributed by atoms with Gasteiger partial charge in [-0.05, 0) is 59.2 Å². The first-order chi connectivity index (χ1) is 33.2. The highest BCUT2D eigenvalue weighted by molar-refractivity contribution is 4.66. The van der Waals surface area contributed by atoms with Crippen molar-refractivity contribution in [2.75, 3.05) is 0 Å². The van der Waals surface area contributed by atoms with Crippen LogP contribution in [0, 0.1) is 52.8 Å². The van der Waals surface area contributed by atoms with E-state index >= 15 is 0 Å². The summed E-state index contributed by atoms with van der Waals surface area (Å²) in [7, 11) is 0. The molecule has 0 aliphatic heterocycles. The lowest BCUT2D eigenvalue weighted by Gasteiger charge is -2.20. The lowest BCUT2D eigenvalue weighted by atomic mass is 9.86. The van der Waals surface area contributed by atoms with Gasteiger partial charge in [0.15, 0.2) is 0 Å². The third-order valence-electron chi connectivity index (χ3n) is 16.5. The Kier molecular flexibility index (Phi) is 68.5. The molecule has 7 fully saturated rings. The molecule has 0 aromatic carbocycles. The van der Waals surface area contributed by atoms with E-state index in [1.54, 1.807) is 0 Å². The maximum atomic E-state index is 2.40. The third kappa shape index (κ3) is 70.0. The fraction of sp³-hybridized carbons (Fsp3) is 1.00. The molecular formula is C71H152. The summed E-state index contributed by atoms with van der Waals surface area (Å²) in [6.07, 6.45) is 65.2. The fourth-order valence-corrected chi connectivity index (χ4v) is 10.6. The standard InChI is InChI=1S/2C10H20.4C9H18.C6H14.C3H6.2C2H6.2CH4/c1-9-5-3-7-10(2)8-4-6-9;1-9-6-4-3-5-7-10(2)8-9;4*1-9-7-5-3-2-4-6-8-9;1-5-6(2,3)4;1-2-3-1;2*1-2;;/h2*9-10H,3-8H2,1-2H3;4*9H,2-8H2,1H3;5H2,1-4H3;1-3H2;2*1-2H3;2*1H4. The highest BCUT2D eigenvalue weighted by Gasteiger charge is 2.12. The number of hydrogen-bond acceptors (Lipinski definition) is 0. The number of rotatable bonds is 0. The number of hydrogen-bond donors (Lipinski definition) is 0. The zero-order valence-electron chi connectivity index (χ0n) is 52.2. The molecule has 0 heteroatoms. The fourth-order valence-electron chi connectivity index (χ4n) is 10.6. The van der Waals surface area contributed by atoms with Gasteiger partial charge in [0, 0.05) is 0 Å². The molecule has 7 aliphatic rings. The van der Waals surface area contributed by atoms with Gasteiger partial charge in [0.1, 0.15) is 0 Å². The second-order valence-corrected chi connectivity index (χ2v) is 25.9. The van der Waals surface area contributed by atoms with E-state index < -0.39 is 0 Å². The molecule has 71 heavy (non-hydrogen) atoms. The maximum Gasteiger partial charge on any atom is -0.0385 e. The minimum Gasteiger partial charge on any atom is -0.0776 e. The summed E-state index contributed by atoms with van der Waals surface area (Å²) in [4.78, 5) is 0. The Morgan fingerprint density at radius 1 is 0.225 bits per heavy atom. The van der Waals surface area contributed by atoms with Crippen molar-refractivity contribution in [3.8, 4) is 0 Å². The molecule has 0 bridgehead atoms. The van der Waals surface area contributed by atoms with Crippen molar-refractivity contribution in [1.82, 2.24) is 0 Å². The molecule has 0 saturated heterocycles. The van der Waals surface area contributed by atoms with Gasteiger partial charge >= 0.3 is 0 Å². The molecule has 2 unspecified atom stereocenters. The van der Waals surface area contributed by atoms with Crippen molar-refractivity contribution in [3.05, 3.63) is 0 Å². The molecule has 0 aromatic rings. The van der Waals surface area contributed by atoms with Crippen molar-refractivity contribution in [3.63, 3.8) is 0 Å². The normalized spacial score (nSPS) is 25.2. The van der Waals surface area contributed by atoms with Crippen LogP contribution in [0.4, 0.5) is 0 Å². The van der Waals surface area contributed by atoms with Gasteiger partial charge in [0.05, 0.1) is 0 Å². The molecule has 0 aromatic heterocycles. The topological polar surface area (TPSA) is 0 Å². The molecule has 7 rings (SSSR count). The Morgan fingerprint density at radius 2 is 0.338 bits per heavy atom. The van der Waals surface area contributed by atoms with E-state index in [9.17, 15) is 0 Å². The second kappa shape index (κ2) is 60.9. The summed E-state index contributed by atoms with van der Waals surface area (Å²) in [5.74, 6) is 8.08. The van der Waals surface area contributed by atoms with E-state index in [-0.39, 0.29) is 14.9 Å². The average Bonchev–Trinajstić information content (AvgIpc) is 4.18. The highest BCUT2D eigenvalue weighted by Crippen LogP contribution is 2.28. The van der Waals surface area contributed by atoms with Crippen LogP contribution >= 0.6 is 0 Å². The largest absolute Gasteiger partial charge is 0.0776 e. The summed E-state index contributed by atoms with van der Waals surface area (Å²) in [5.41, 5.74) is 0.542. The Bertz CT molecular complexity index is 763. The lowest BCUT2D eigenvalue weighted by molar-refractivity contribution is 0.329. The Morgan fingerprint density at radius 3 is 0.493 bits per heavy atom. The van der Waals surface area contributed by atoms with Gasteiger partial charge in [0.25, 0.3) is 0 Å². The molecule has 2 atom stereocenters. The first kappa shape index (κ1) is 79.9. The molecule has 7 aliphatic carbocycles. The molecule has 7 saturated carbocycles. The van der Waals surface area contributed by atoms with E-state index in [1.165, 1.54) is 283 Å². The van der Waals surface area contributed by atoms with Crippen LogP contribution in [0.2, 0.25) is 0 Å². The van der Waals surface area contributed by atoms with Crippen molar-refractivity contribution >= 4 is 0 Å². The first-order valence-corrected chi connectivity index (χ1v) is 33.2. The Hall–Kier alpha value is 0. The van der Waals surface area contributed by atoms with Crippen LogP contribution in [-0.4, -0.2) is 0 Å². The van der Waals surface area contributed by atoms with Gasteiger partial charge in [-0.1, -0.05) is 402 Å². The average molecular weight is 1010 g/mol. The van der Waals surface area contributed by atoms with E-state index in [4.69, 9.17) is 0 Å². The molecule has 0 nitrogen and oxygen atoms in total. The first-order valence-electron chi connectivity index (χ1n) is 33.2. The van der Waals surface area contributed by atoms with Crippen molar-refractivity contribution in [2.24, 2.45) is 52.8 Å². The molecule has 0 N–H and O–H groups in total. The van der Waals surface area contributed by atoms with Gasteiger partial charge in [-0.15, -0.1) is 0 Å². The van der Waals surface area contributed by atoms with Gasteiger partial charge in [-0.2, -0.15) is 0 Å². The molecule has 0 amide bonds. The molecule has 0 radical (unpaired) electrons. The monoisotopic (exact) mass is 1010 g/mol. The van der Waals surface area contributed by atoms with Crippen LogP contribution in [0.5, 0.6) is 0 Å². The van der Waals surface area contributed by atoms with Crippen LogP contribution < -0.4 is 0 Å². The summed E-state index contributed by atoms with van der Waals surface area (Å²) in [5, 5.41) is 0. The van der Waals surface area contributed by atoms with E-state index in [2.05, 4.69) is 83.1 Å². The maximum absolute atomic E-state index is 2.40. The minimum atomic E-state index is 0. The van der Waals surface area contributed by atoms with Crippen LogP contribution in [0.15, 0.2) is 0 Å². The summed E-state index contributed by atoms with van der Waals surface area (Å²) in [6, 6.07) is 0. The zero-order chi connectivity index (χ0) is 52.2. The summed E-state index contributed by atoms with van der Waals surface area (Å²) >= 11 is 0. The molecule has 0 spiro atoms. The van der Waals surface area contributed by atoms with Gasteiger partial charge in [-0.3, -0.25) is 0 Å². The van der Waals surface area contributed by atoms with E-state index in [0.29, 0.717) is 5.41 Å².